The molecule has 1 heterocycles. The smallest absolute Gasteiger partial charge is 0.118 e. The van der Waals surface area contributed by atoms with Gasteiger partial charge in [-0.3, -0.25) is 0 Å². The summed E-state index contributed by atoms with van der Waals surface area (Å²) in [7, 11) is 0. The summed E-state index contributed by atoms with van der Waals surface area (Å²) in [5.41, 5.74) is 0. The SMILES string of the molecule is ClCCc1nnc(CCC2CCCCC2)s1. The monoisotopic (exact) mass is 258 g/mol. The Hall–Kier alpha value is -0.150. The van der Waals surface area contributed by atoms with Crippen molar-refractivity contribution < 1.29 is 0 Å². The van der Waals surface area contributed by atoms with E-state index in [1.807, 2.05) is 0 Å². The van der Waals surface area contributed by atoms with E-state index >= 15 is 0 Å². The first-order chi connectivity index (χ1) is 7.88. The maximum absolute atomic E-state index is 5.68. The summed E-state index contributed by atoms with van der Waals surface area (Å²) in [6, 6.07) is 0. The minimum absolute atomic E-state index is 0.650. The van der Waals surface area contributed by atoms with E-state index in [9.17, 15) is 0 Å². The number of aryl methyl sites for hydroxylation is 2. The standard InChI is InChI=1S/C12H19ClN2S/c13-9-8-12-15-14-11(16-12)7-6-10-4-2-1-3-5-10/h10H,1-9H2. The Labute approximate surface area is 106 Å². The zero-order chi connectivity index (χ0) is 11.2. The van der Waals surface area contributed by atoms with Crippen molar-refractivity contribution in [1.82, 2.24) is 10.2 Å². The Bertz CT molecular complexity index is 308. The molecule has 1 saturated carbocycles. The number of rotatable bonds is 5. The molecule has 16 heavy (non-hydrogen) atoms. The van der Waals surface area contributed by atoms with Gasteiger partial charge in [0, 0.05) is 18.7 Å². The van der Waals surface area contributed by atoms with Gasteiger partial charge in [0.1, 0.15) is 10.0 Å². The molecular weight excluding hydrogens is 240 g/mol. The molecule has 0 N–H and O–H groups in total. The minimum Gasteiger partial charge on any atom is -0.144 e. The molecule has 1 aliphatic rings. The zero-order valence-electron chi connectivity index (χ0n) is 9.62. The van der Waals surface area contributed by atoms with Gasteiger partial charge in [-0.25, -0.2) is 0 Å². The van der Waals surface area contributed by atoms with Crippen LogP contribution in [0.1, 0.15) is 48.5 Å². The molecule has 2 rings (SSSR count). The summed E-state index contributed by atoms with van der Waals surface area (Å²) >= 11 is 7.42. The van der Waals surface area contributed by atoms with Gasteiger partial charge in [-0.2, -0.15) is 0 Å². The first-order valence-corrected chi connectivity index (χ1v) is 7.61. The van der Waals surface area contributed by atoms with Gasteiger partial charge >= 0.3 is 0 Å². The van der Waals surface area contributed by atoms with Crippen LogP contribution in [0.5, 0.6) is 0 Å². The van der Waals surface area contributed by atoms with Gasteiger partial charge in [-0.15, -0.1) is 33.1 Å². The van der Waals surface area contributed by atoms with Crippen molar-refractivity contribution in [3.05, 3.63) is 10.0 Å². The van der Waals surface area contributed by atoms with Crippen molar-refractivity contribution in [2.24, 2.45) is 5.92 Å². The lowest BCUT2D eigenvalue weighted by molar-refractivity contribution is 0.339. The summed E-state index contributed by atoms with van der Waals surface area (Å²) in [6.45, 7) is 0. The third kappa shape index (κ3) is 3.70. The predicted octanol–water partition coefficient (Wildman–Crippen LogP) is 3.83. The Morgan fingerprint density at radius 2 is 1.75 bits per heavy atom. The number of nitrogens with zero attached hydrogens (tertiary/aromatic N) is 2. The fourth-order valence-corrected chi connectivity index (χ4v) is 3.53. The van der Waals surface area contributed by atoms with Crippen LogP contribution in [0.2, 0.25) is 0 Å². The van der Waals surface area contributed by atoms with Gasteiger partial charge in [0.2, 0.25) is 0 Å². The summed E-state index contributed by atoms with van der Waals surface area (Å²) < 4.78 is 0. The van der Waals surface area contributed by atoms with E-state index in [1.54, 1.807) is 11.3 Å². The molecule has 1 fully saturated rings. The average Bonchev–Trinajstić information content (AvgIpc) is 2.76. The van der Waals surface area contributed by atoms with E-state index in [1.165, 1.54) is 43.5 Å². The fourth-order valence-electron chi connectivity index (χ4n) is 2.37. The van der Waals surface area contributed by atoms with Crippen LogP contribution < -0.4 is 0 Å². The van der Waals surface area contributed by atoms with Crippen LogP contribution in [-0.4, -0.2) is 16.1 Å². The predicted molar refractivity (Wildman–Crippen MR) is 69.2 cm³/mol. The Morgan fingerprint density at radius 1 is 1.06 bits per heavy atom. The summed E-state index contributed by atoms with van der Waals surface area (Å²) in [5.74, 6) is 1.59. The first-order valence-electron chi connectivity index (χ1n) is 6.25. The molecule has 0 unspecified atom stereocenters. The lowest BCUT2D eigenvalue weighted by atomic mass is 9.86. The van der Waals surface area contributed by atoms with E-state index in [0.717, 1.165) is 23.8 Å². The van der Waals surface area contributed by atoms with Crippen LogP contribution in [0.25, 0.3) is 0 Å². The van der Waals surface area contributed by atoms with Gasteiger partial charge < -0.3 is 0 Å². The molecule has 0 spiro atoms. The van der Waals surface area contributed by atoms with Gasteiger partial charge in [-0.1, -0.05) is 32.1 Å². The van der Waals surface area contributed by atoms with Gasteiger partial charge in [0.25, 0.3) is 0 Å². The minimum atomic E-state index is 0.650. The molecular formula is C12H19ClN2S. The number of aromatic nitrogens is 2. The Kier molecular flexibility index (Phi) is 5.04. The van der Waals surface area contributed by atoms with Crippen LogP contribution in [0, 0.1) is 5.92 Å². The van der Waals surface area contributed by atoms with Crippen LogP contribution in [0.4, 0.5) is 0 Å². The molecule has 4 heteroatoms. The molecule has 0 bridgehead atoms. The molecule has 0 aliphatic heterocycles. The van der Waals surface area contributed by atoms with Crippen LogP contribution >= 0.6 is 22.9 Å². The quantitative estimate of drug-likeness (QED) is 0.750. The van der Waals surface area contributed by atoms with E-state index in [4.69, 9.17) is 11.6 Å². The van der Waals surface area contributed by atoms with Crippen LogP contribution in [-0.2, 0) is 12.8 Å². The number of halogens is 1. The van der Waals surface area contributed by atoms with Crippen LogP contribution in [0.3, 0.4) is 0 Å². The van der Waals surface area contributed by atoms with Crippen molar-refractivity contribution in [3.63, 3.8) is 0 Å². The summed E-state index contributed by atoms with van der Waals surface area (Å²) in [5, 5.41) is 10.7. The van der Waals surface area contributed by atoms with Crippen molar-refractivity contribution >= 4 is 22.9 Å². The molecule has 1 aromatic rings. The second-order valence-electron chi connectivity index (χ2n) is 4.57. The average molecular weight is 259 g/mol. The third-order valence-corrected chi connectivity index (χ3v) is 4.54. The largest absolute Gasteiger partial charge is 0.144 e. The van der Waals surface area contributed by atoms with Gasteiger partial charge in [0.05, 0.1) is 0 Å². The van der Waals surface area contributed by atoms with E-state index in [2.05, 4.69) is 10.2 Å². The molecule has 0 amide bonds. The summed E-state index contributed by atoms with van der Waals surface area (Å²) in [6.07, 6.45) is 10.4. The van der Waals surface area contributed by atoms with Gasteiger partial charge in [-0.05, 0) is 12.3 Å². The molecule has 90 valence electrons. The normalized spacial score (nSPS) is 17.8. The van der Waals surface area contributed by atoms with Crippen molar-refractivity contribution in [1.29, 1.82) is 0 Å². The highest BCUT2D eigenvalue weighted by Gasteiger charge is 2.14. The highest BCUT2D eigenvalue weighted by atomic mass is 35.5. The maximum Gasteiger partial charge on any atom is 0.118 e. The van der Waals surface area contributed by atoms with E-state index in [-0.39, 0.29) is 0 Å². The number of hydrogen-bond donors (Lipinski definition) is 0. The molecule has 2 nitrogen and oxygen atoms in total. The molecule has 0 atom stereocenters. The molecule has 1 aromatic heterocycles. The topological polar surface area (TPSA) is 25.8 Å². The Balaban J connectivity index is 1.75. The Morgan fingerprint density at radius 3 is 2.44 bits per heavy atom. The second kappa shape index (κ2) is 6.55. The molecule has 0 radical (unpaired) electrons. The van der Waals surface area contributed by atoms with E-state index < -0.39 is 0 Å². The lowest BCUT2D eigenvalue weighted by Gasteiger charge is -2.20. The molecule has 0 saturated heterocycles. The highest BCUT2D eigenvalue weighted by molar-refractivity contribution is 7.11. The van der Waals surface area contributed by atoms with Crippen LogP contribution in [0.15, 0.2) is 0 Å². The lowest BCUT2D eigenvalue weighted by Crippen LogP contribution is -2.07. The zero-order valence-corrected chi connectivity index (χ0v) is 11.2. The third-order valence-electron chi connectivity index (χ3n) is 3.31. The summed E-state index contributed by atoms with van der Waals surface area (Å²) in [4.78, 5) is 0. The van der Waals surface area contributed by atoms with Crippen molar-refractivity contribution in [2.75, 3.05) is 5.88 Å². The fraction of sp³-hybridized carbons (Fsp3) is 0.833. The highest BCUT2D eigenvalue weighted by Crippen LogP contribution is 2.27. The van der Waals surface area contributed by atoms with E-state index in [0.29, 0.717) is 5.88 Å². The molecule has 1 aliphatic carbocycles. The number of alkyl halides is 1. The second-order valence-corrected chi connectivity index (χ2v) is 6.10. The molecule has 0 aromatic carbocycles. The van der Waals surface area contributed by atoms with Crippen molar-refractivity contribution in [2.45, 2.75) is 51.4 Å². The maximum atomic E-state index is 5.68. The number of hydrogen-bond acceptors (Lipinski definition) is 3. The first kappa shape index (κ1) is 12.3. The van der Waals surface area contributed by atoms with Gasteiger partial charge in [0.15, 0.2) is 0 Å². The van der Waals surface area contributed by atoms with Crippen molar-refractivity contribution in [3.8, 4) is 0 Å².